The predicted molar refractivity (Wildman–Crippen MR) is 49.4 cm³/mol. The Labute approximate surface area is 85.1 Å². The molecule has 0 fully saturated rings. The molecular weight excluding hydrogens is 202 g/mol. The maximum atomic E-state index is 10.8. The van der Waals surface area contributed by atoms with Gasteiger partial charge < -0.3 is 14.9 Å². The third-order valence-corrected chi connectivity index (χ3v) is 1.81. The highest BCUT2D eigenvalue weighted by molar-refractivity contribution is 5.94. The Bertz CT molecular complexity index is 427. The number of methoxy groups -OCH3 is 1. The summed E-state index contributed by atoms with van der Waals surface area (Å²) in [6.45, 7) is 1.49. The highest BCUT2D eigenvalue weighted by Gasteiger charge is 2.19. The Kier molecular flexibility index (Phi) is 2.89. The lowest BCUT2D eigenvalue weighted by molar-refractivity contribution is 0.0670. The van der Waals surface area contributed by atoms with Gasteiger partial charge in [-0.3, -0.25) is 0 Å². The van der Waals surface area contributed by atoms with Crippen LogP contribution < -0.4 is 4.74 Å². The number of aromatic nitrogens is 1. The van der Waals surface area contributed by atoms with Crippen LogP contribution in [0.1, 0.15) is 26.4 Å². The predicted octanol–water partition coefficient (Wildman–Crippen LogP) is 0.795. The number of rotatable bonds is 3. The molecule has 6 heteroatoms. The van der Waals surface area contributed by atoms with Gasteiger partial charge in [0.25, 0.3) is 0 Å². The zero-order valence-corrected chi connectivity index (χ0v) is 8.14. The minimum atomic E-state index is -1.23. The molecule has 0 radical (unpaired) electrons. The zero-order valence-electron chi connectivity index (χ0n) is 8.14. The molecule has 0 aliphatic rings. The van der Waals surface area contributed by atoms with E-state index in [9.17, 15) is 9.59 Å². The van der Waals surface area contributed by atoms with Gasteiger partial charge in [0.1, 0.15) is 5.56 Å². The van der Waals surface area contributed by atoms with Crippen LogP contribution in [0, 0.1) is 6.92 Å². The minimum absolute atomic E-state index is 0.123. The van der Waals surface area contributed by atoms with Crippen molar-refractivity contribution in [1.82, 2.24) is 4.98 Å². The molecule has 0 saturated heterocycles. The maximum Gasteiger partial charge on any atom is 0.354 e. The number of aryl methyl sites for hydroxylation is 1. The monoisotopic (exact) mass is 211 g/mol. The average molecular weight is 211 g/mol. The quantitative estimate of drug-likeness (QED) is 0.767. The van der Waals surface area contributed by atoms with Crippen LogP contribution in [0.2, 0.25) is 0 Å². The number of hydrogen-bond acceptors (Lipinski definition) is 4. The fraction of sp³-hybridized carbons (Fsp3) is 0.222. The third-order valence-electron chi connectivity index (χ3n) is 1.81. The lowest BCUT2D eigenvalue weighted by atomic mass is 10.1. The van der Waals surface area contributed by atoms with Gasteiger partial charge in [0.15, 0.2) is 5.69 Å². The lowest BCUT2D eigenvalue weighted by Gasteiger charge is -2.07. The second-order valence-electron chi connectivity index (χ2n) is 2.82. The van der Waals surface area contributed by atoms with Crippen molar-refractivity contribution >= 4 is 11.9 Å². The molecule has 6 nitrogen and oxygen atoms in total. The number of carbonyl (C=O) groups is 2. The van der Waals surface area contributed by atoms with Crippen molar-refractivity contribution in [3.05, 3.63) is 22.9 Å². The smallest absolute Gasteiger partial charge is 0.354 e. The van der Waals surface area contributed by atoms with E-state index in [2.05, 4.69) is 4.98 Å². The van der Waals surface area contributed by atoms with E-state index in [4.69, 9.17) is 14.9 Å². The topological polar surface area (TPSA) is 96.7 Å². The number of hydrogen-bond donors (Lipinski definition) is 2. The summed E-state index contributed by atoms with van der Waals surface area (Å²) < 4.78 is 4.72. The van der Waals surface area contributed by atoms with E-state index in [-0.39, 0.29) is 17.1 Å². The fourth-order valence-corrected chi connectivity index (χ4v) is 1.16. The van der Waals surface area contributed by atoms with Gasteiger partial charge in [0, 0.05) is 0 Å². The summed E-state index contributed by atoms with van der Waals surface area (Å²) in [6, 6.07) is 1.19. The molecule has 0 amide bonds. The molecule has 1 aromatic rings. The van der Waals surface area contributed by atoms with Crippen molar-refractivity contribution in [2.45, 2.75) is 6.92 Å². The van der Waals surface area contributed by atoms with Crippen molar-refractivity contribution in [2.24, 2.45) is 0 Å². The summed E-state index contributed by atoms with van der Waals surface area (Å²) in [5.41, 5.74) is -0.0661. The highest BCUT2D eigenvalue weighted by atomic mass is 16.5. The molecule has 0 bridgehead atoms. The molecule has 0 atom stereocenters. The first kappa shape index (κ1) is 11.0. The SMILES string of the molecule is COc1nc(C(=O)O)cc(C)c1C(=O)O. The second kappa shape index (κ2) is 3.95. The number of pyridine rings is 1. The Hall–Kier alpha value is -2.11. The van der Waals surface area contributed by atoms with Gasteiger partial charge in [-0.25, -0.2) is 14.6 Å². The number of nitrogens with zero attached hydrogens (tertiary/aromatic N) is 1. The van der Waals surface area contributed by atoms with Crippen molar-refractivity contribution in [1.29, 1.82) is 0 Å². The van der Waals surface area contributed by atoms with Gasteiger partial charge in [-0.2, -0.15) is 0 Å². The standard InChI is InChI=1S/C9H9NO5/c1-4-3-5(8(11)12)10-7(15-2)6(4)9(13)14/h3H,1-2H3,(H,11,12)(H,13,14). The van der Waals surface area contributed by atoms with Crippen LogP contribution in [-0.2, 0) is 0 Å². The summed E-state index contributed by atoms with van der Waals surface area (Å²) in [5, 5.41) is 17.5. The molecule has 0 aromatic carbocycles. The van der Waals surface area contributed by atoms with E-state index < -0.39 is 11.9 Å². The van der Waals surface area contributed by atoms with Gasteiger partial charge >= 0.3 is 11.9 Å². The molecule has 0 unspecified atom stereocenters. The van der Waals surface area contributed by atoms with Crippen LogP contribution in [-0.4, -0.2) is 34.2 Å². The first-order valence-electron chi connectivity index (χ1n) is 3.99. The summed E-state index contributed by atoms with van der Waals surface area (Å²) >= 11 is 0. The molecule has 0 aliphatic heterocycles. The van der Waals surface area contributed by atoms with Crippen LogP contribution in [0.25, 0.3) is 0 Å². The third kappa shape index (κ3) is 2.04. The van der Waals surface area contributed by atoms with E-state index in [1.165, 1.54) is 20.1 Å². The molecule has 1 heterocycles. The van der Waals surface area contributed by atoms with Crippen LogP contribution in [0.15, 0.2) is 6.07 Å². The number of carboxylic acid groups (broad SMARTS) is 2. The molecule has 0 saturated carbocycles. The summed E-state index contributed by atoms with van der Waals surface area (Å²) in [4.78, 5) is 25.0. The van der Waals surface area contributed by atoms with Crippen LogP contribution in [0.3, 0.4) is 0 Å². The number of carboxylic acids is 2. The Balaban J connectivity index is 3.43. The molecular formula is C9H9NO5. The molecule has 1 aromatic heterocycles. The maximum absolute atomic E-state index is 10.8. The zero-order chi connectivity index (χ0) is 11.6. The number of aromatic carboxylic acids is 2. The van der Waals surface area contributed by atoms with E-state index in [0.29, 0.717) is 5.56 Å². The van der Waals surface area contributed by atoms with Gasteiger partial charge in [0.05, 0.1) is 7.11 Å². The van der Waals surface area contributed by atoms with Gasteiger partial charge in [-0.05, 0) is 18.6 Å². The van der Waals surface area contributed by atoms with Gasteiger partial charge in [-0.15, -0.1) is 0 Å². The fourth-order valence-electron chi connectivity index (χ4n) is 1.16. The Morgan fingerprint density at radius 3 is 2.33 bits per heavy atom. The minimum Gasteiger partial charge on any atom is -0.480 e. The summed E-state index contributed by atoms with van der Waals surface area (Å²) in [7, 11) is 1.24. The first-order chi connectivity index (χ1) is 6.97. The van der Waals surface area contributed by atoms with Crippen LogP contribution in [0.4, 0.5) is 0 Å². The van der Waals surface area contributed by atoms with Crippen molar-refractivity contribution in [3.8, 4) is 5.88 Å². The molecule has 1 rings (SSSR count). The first-order valence-corrected chi connectivity index (χ1v) is 3.99. The molecule has 2 N–H and O–H groups in total. The van der Waals surface area contributed by atoms with E-state index in [1.807, 2.05) is 0 Å². The second-order valence-corrected chi connectivity index (χ2v) is 2.82. The summed E-state index contributed by atoms with van der Waals surface area (Å²) in [5.74, 6) is -2.62. The Morgan fingerprint density at radius 1 is 1.33 bits per heavy atom. The molecule has 0 spiro atoms. The van der Waals surface area contributed by atoms with Crippen LogP contribution >= 0.6 is 0 Å². The normalized spacial score (nSPS) is 9.73. The highest BCUT2D eigenvalue weighted by Crippen LogP contribution is 2.20. The van der Waals surface area contributed by atoms with E-state index in [1.54, 1.807) is 0 Å². The average Bonchev–Trinajstić information content (AvgIpc) is 2.15. The summed E-state index contributed by atoms with van der Waals surface area (Å²) in [6.07, 6.45) is 0. The molecule has 0 aliphatic carbocycles. The van der Waals surface area contributed by atoms with Gasteiger partial charge in [-0.1, -0.05) is 0 Å². The number of ether oxygens (including phenoxy) is 1. The van der Waals surface area contributed by atoms with Crippen LogP contribution in [0.5, 0.6) is 5.88 Å². The van der Waals surface area contributed by atoms with E-state index >= 15 is 0 Å². The van der Waals surface area contributed by atoms with E-state index in [0.717, 1.165) is 0 Å². The molecule has 80 valence electrons. The largest absolute Gasteiger partial charge is 0.480 e. The van der Waals surface area contributed by atoms with Crippen molar-refractivity contribution in [2.75, 3.05) is 7.11 Å². The lowest BCUT2D eigenvalue weighted by Crippen LogP contribution is -2.09. The Morgan fingerprint density at radius 2 is 1.93 bits per heavy atom. The van der Waals surface area contributed by atoms with Crippen molar-refractivity contribution in [3.63, 3.8) is 0 Å². The van der Waals surface area contributed by atoms with Crippen molar-refractivity contribution < 1.29 is 24.5 Å². The van der Waals surface area contributed by atoms with Gasteiger partial charge in [0.2, 0.25) is 5.88 Å². The molecule has 15 heavy (non-hydrogen) atoms.